The van der Waals surface area contributed by atoms with Crippen molar-refractivity contribution in [3.05, 3.63) is 45.1 Å². The number of piperazine rings is 1. The first-order valence-electron chi connectivity index (χ1n) is 10.1. The molecule has 0 aliphatic carbocycles. The fourth-order valence-electron chi connectivity index (χ4n) is 3.50. The van der Waals surface area contributed by atoms with Crippen molar-refractivity contribution in [1.29, 1.82) is 0 Å². The summed E-state index contributed by atoms with van der Waals surface area (Å²) in [6.07, 6.45) is -5.08. The first-order chi connectivity index (χ1) is 16.0. The molecule has 3 heterocycles. The fraction of sp³-hybridized carbons (Fsp3) is 0.400. The highest BCUT2D eigenvalue weighted by Crippen LogP contribution is 2.30. The average Bonchev–Trinajstić information content (AvgIpc) is 3.22. The summed E-state index contributed by atoms with van der Waals surface area (Å²) in [7, 11) is 4.70. The van der Waals surface area contributed by atoms with Gasteiger partial charge in [0.2, 0.25) is 5.95 Å². The van der Waals surface area contributed by atoms with E-state index < -0.39 is 17.8 Å². The van der Waals surface area contributed by atoms with Gasteiger partial charge >= 0.3 is 17.8 Å². The van der Waals surface area contributed by atoms with Gasteiger partial charge in [0.15, 0.2) is 11.2 Å². The van der Waals surface area contributed by atoms with E-state index in [0.29, 0.717) is 28.5 Å². The summed E-state index contributed by atoms with van der Waals surface area (Å²) in [4.78, 5) is 41.1. The highest BCUT2D eigenvalue weighted by Gasteiger charge is 2.38. The normalized spacial score (nSPS) is 14.0. The van der Waals surface area contributed by atoms with Crippen LogP contribution in [-0.4, -0.2) is 69.2 Å². The van der Waals surface area contributed by atoms with E-state index in [9.17, 15) is 22.8 Å². The molecule has 11 nitrogen and oxygen atoms in total. The molecule has 0 saturated carbocycles. The van der Waals surface area contributed by atoms with E-state index in [1.807, 2.05) is 24.3 Å². The molecule has 1 aromatic carbocycles. The minimum Gasteiger partial charge on any atom is -0.495 e. The van der Waals surface area contributed by atoms with Crippen LogP contribution >= 0.6 is 0 Å². The number of carboxylic acids is 1. The van der Waals surface area contributed by atoms with E-state index >= 15 is 0 Å². The minimum atomic E-state index is -5.08. The molecular weight excluding hydrogens is 461 g/mol. The molecule has 0 spiro atoms. The Hall–Kier alpha value is -3.81. The quantitative estimate of drug-likeness (QED) is 0.550. The van der Waals surface area contributed by atoms with Gasteiger partial charge in [-0.1, -0.05) is 12.1 Å². The molecule has 1 aliphatic rings. The lowest BCUT2D eigenvalue weighted by Gasteiger charge is -2.29. The number of hydrogen-bond acceptors (Lipinski definition) is 7. The number of methoxy groups -OCH3 is 1. The van der Waals surface area contributed by atoms with Crippen molar-refractivity contribution in [2.45, 2.75) is 6.18 Å². The zero-order valence-electron chi connectivity index (χ0n) is 18.6. The zero-order chi connectivity index (χ0) is 25.2. The minimum absolute atomic E-state index is 0.359. The first kappa shape index (κ1) is 24.8. The van der Waals surface area contributed by atoms with Crippen LogP contribution in [0.4, 0.5) is 19.1 Å². The van der Waals surface area contributed by atoms with E-state index in [0.717, 1.165) is 30.7 Å². The van der Waals surface area contributed by atoms with Gasteiger partial charge in [0.1, 0.15) is 5.75 Å². The first-order valence-corrected chi connectivity index (χ1v) is 10.1. The number of hydrogen-bond donors (Lipinski definition) is 2. The van der Waals surface area contributed by atoms with Crippen molar-refractivity contribution >= 4 is 23.1 Å². The van der Waals surface area contributed by atoms with Crippen LogP contribution in [-0.2, 0) is 18.9 Å². The summed E-state index contributed by atoms with van der Waals surface area (Å²) in [6, 6.07) is 7.49. The summed E-state index contributed by atoms with van der Waals surface area (Å²) in [5, 5.41) is 10.4. The summed E-state index contributed by atoms with van der Waals surface area (Å²) >= 11 is 0. The summed E-state index contributed by atoms with van der Waals surface area (Å²) in [5.74, 6) is -1.49. The van der Waals surface area contributed by atoms with Crippen molar-refractivity contribution < 1.29 is 27.8 Å². The number of carboxylic acid groups (broad SMARTS) is 1. The Bertz CT molecular complexity index is 1320. The van der Waals surface area contributed by atoms with Crippen molar-refractivity contribution in [2.75, 3.05) is 38.2 Å². The van der Waals surface area contributed by atoms with Crippen LogP contribution in [0.5, 0.6) is 5.75 Å². The van der Waals surface area contributed by atoms with E-state index in [1.54, 1.807) is 18.7 Å². The van der Waals surface area contributed by atoms with Gasteiger partial charge in [0.05, 0.1) is 12.8 Å². The Morgan fingerprint density at radius 2 is 1.71 bits per heavy atom. The second-order valence-corrected chi connectivity index (χ2v) is 7.34. The largest absolute Gasteiger partial charge is 0.495 e. The molecule has 0 atom stereocenters. The van der Waals surface area contributed by atoms with Gasteiger partial charge in [-0.25, -0.2) is 9.59 Å². The third-order valence-corrected chi connectivity index (χ3v) is 5.21. The number of aryl methyl sites for hydroxylation is 1. The molecule has 4 rings (SSSR count). The van der Waals surface area contributed by atoms with Crippen molar-refractivity contribution in [1.82, 2.24) is 24.0 Å². The second-order valence-electron chi connectivity index (χ2n) is 7.34. The van der Waals surface area contributed by atoms with E-state index in [2.05, 4.69) is 10.2 Å². The van der Waals surface area contributed by atoms with Crippen LogP contribution in [0.15, 0.2) is 33.9 Å². The van der Waals surface area contributed by atoms with Crippen LogP contribution in [0.2, 0.25) is 0 Å². The predicted octanol–water partition coefficient (Wildman–Crippen LogP) is 0.474. The lowest BCUT2D eigenvalue weighted by Crippen LogP contribution is -2.44. The van der Waals surface area contributed by atoms with Crippen LogP contribution in [0.3, 0.4) is 0 Å². The molecule has 1 saturated heterocycles. The molecule has 1 aliphatic heterocycles. The maximum atomic E-state index is 13.0. The lowest BCUT2D eigenvalue weighted by molar-refractivity contribution is -0.192. The number of para-hydroxylation sites is 2. The number of nitrogens with zero attached hydrogens (tertiary/aromatic N) is 5. The Morgan fingerprint density at radius 1 is 1.12 bits per heavy atom. The summed E-state index contributed by atoms with van der Waals surface area (Å²) in [6.45, 7) is 3.16. The van der Waals surface area contributed by atoms with Gasteiger partial charge in [-0.05, 0) is 12.1 Å². The van der Waals surface area contributed by atoms with Crippen LogP contribution in [0.1, 0.15) is 0 Å². The summed E-state index contributed by atoms with van der Waals surface area (Å²) in [5.41, 5.74) is 0.656. The van der Waals surface area contributed by atoms with Crippen LogP contribution in [0, 0.1) is 0 Å². The van der Waals surface area contributed by atoms with Crippen LogP contribution in [0.25, 0.3) is 16.9 Å². The number of anilines is 1. The van der Waals surface area contributed by atoms with Crippen LogP contribution < -0.4 is 26.2 Å². The maximum Gasteiger partial charge on any atom is 0.490 e. The molecule has 2 N–H and O–H groups in total. The molecular formula is C20H23F3N6O5. The average molecular weight is 484 g/mol. The molecule has 0 radical (unpaired) electrons. The number of ether oxygens (including phenoxy) is 1. The van der Waals surface area contributed by atoms with Crippen molar-refractivity contribution in [3.8, 4) is 11.4 Å². The maximum absolute atomic E-state index is 13.0. The number of imidazole rings is 1. The highest BCUT2D eigenvalue weighted by atomic mass is 19.4. The third kappa shape index (κ3) is 4.62. The molecule has 0 unspecified atom stereocenters. The molecule has 2 aromatic heterocycles. The third-order valence-electron chi connectivity index (χ3n) is 5.21. The summed E-state index contributed by atoms with van der Waals surface area (Å²) < 4.78 is 41.6. The van der Waals surface area contributed by atoms with Gasteiger partial charge in [0, 0.05) is 40.3 Å². The molecule has 34 heavy (non-hydrogen) atoms. The molecule has 3 aromatic rings. The zero-order valence-corrected chi connectivity index (χ0v) is 18.6. The number of alkyl halides is 3. The number of rotatable bonds is 3. The van der Waals surface area contributed by atoms with E-state index in [-0.39, 0.29) is 5.56 Å². The molecule has 1 fully saturated rings. The number of halogens is 3. The second kappa shape index (κ2) is 9.59. The van der Waals surface area contributed by atoms with E-state index in [4.69, 9.17) is 19.6 Å². The lowest BCUT2D eigenvalue weighted by atomic mass is 10.3. The monoisotopic (exact) mass is 484 g/mol. The Kier molecular flexibility index (Phi) is 7.00. The number of benzene rings is 1. The highest BCUT2D eigenvalue weighted by molar-refractivity contribution is 5.79. The van der Waals surface area contributed by atoms with Gasteiger partial charge < -0.3 is 20.1 Å². The SMILES string of the molecule is COc1ccccc1-n1c(N2CCNCC2)nc2c1c(=O)n(C)c(=O)n2C.O=C(O)C(F)(F)F. The molecule has 184 valence electrons. The molecule has 0 bridgehead atoms. The van der Waals surface area contributed by atoms with Gasteiger partial charge in [-0.3, -0.25) is 18.5 Å². The van der Waals surface area contributed by atoms with Gasteiger partial charge in [-0.2, -0.15) is 18.2 Å². The number of nitrogens with one attached hydrogen (secondary N) is 1. The molecule has 0 amide bonds. The van der Waals surface area contributed by atoms with Crippen molar-refractivity contribution in [2.24, 2.45) is 14.1 Å². The predicted molar refractivity (Wildman–Crippen MR) is 117 cm³/mol. The Balaban J connectivity index is 0.000000406. The van der Waals surface area contributed by atoms with Crippen molar-refractivity contribution in [3.63, 3.8) is 0 Å². The van der Waals surface area contributed by atoms with Gasteiger partial charge in [0.25, 0.3) is 5.56 Å². The number of carbonyl (C=O) groups is 1. The fourth-order valence-corrected chi connectivity index (χ4v) is 3.50. The Labute approximate surface area is 190 Å². The smallest absolute Gasteiger partial charge is 0.490 e. The number of aliphatic carboxylic acids is 1. The topological polar surface area (TPSA) is 124 Å². The standard InChI is InChI=1S/C18H22N6O3.C2HF3O2/c1-21-15-14(16(25)22(2)18(21)26)24(12-6-4-5-7-13(12)27-3)17(20-15)23-10-8-19-9-11-23;3-2(4,5)1(6)7/h4-7,19H,8-11H2,1-3H3;(H,6,7). The van der Waals surface area contributed by atoms with Gasteiger partial charge in [-0.15, -0.1) is 0 Å². The number of fused-ring (bicyclic) bond motifs is 1. The van der Waals surface area contributed by atoms with E-state index in [1.165, 1.54) is 11.6 Å². The molecule has 14 heteroatoms. The number of aromatic nitrogens is 4. The Morgan fingerprint density at radius 3 is 2.26 bits per heavy atom.